The molecule has 0 aromatic rings. The largest absolute Gasteiger partial charge is 0.290 e. The topological polar surface area (TPSA) is 3.01 Å². The molecule has 0 radical (unpaired) electrons. The zero-order valence-electron chi connectivity index (χ0n) is 3.33. The SMILES string of the molecule is C12C3C1N1C2[C@H]31. The summed E-state index contributed by atoms with van der Waals surface area (Å²) in [5, 5.41) is 0. The fourth-order valence-corrected chi connectivity index (χ4v) is 2.79. The van der Waals surface area contributed by atoms with Crippen LogP contribution in [0, 0.1) is 11.8 Å². The van der Waals surface area contributed by atoms with Gasteiger partial charge in [-0.25, -0.2) is 0 Å². The van der Waals surface area contributed by atoms with Gasteiger partial charge in [-0.2, -0.15) is 0 Å². The van der Waals surface area contributed by atoms with Crippen molar-refractivity contribution in [2.45, 2.75) is 18.1 Å². The molecule has 6 atom stereocenters. The summed E-state index contributed by atoms with van der Waals surface area (Å²) in [7, 11) is 0. The van der Waals surface area contributed by atoms with Crippen molar-refractivity contribution < 1.29 is 0 Å². The third-order valence-electron chi connectivity index (χ3n) is 3.17. The maximum Gasteiger partial charge on any atom is 0.0309 e. The van der Waals surface area contributed by atoms with Gasteiger partial charge in [-0.15, -0.1) is 0 Å². The van der Waals surface area contributed by atoms with E-state index in [2.05, 4.69) is 4.90 Å². The van der Waals surface area contributed by atoms with Crippen molar-refractivity contribution in [3.8, 4) is 0 Å². The minimum atomic E-state index is 1.17. The van der Waals surface area contributed by atoms with Gasteiger partial charge in [0.2, 0.25) is 0 Å². The Kier molecular flexibility index (Phi) is 0.0734. The second kappa shape index (κ2) is 0.241. The molecule has 0 bridgehead atoms. The molecule has 0 amide bonds. The van der Waals surface area contributed by atoms with Gasteiger partial charge in [0.1, 0.15) is 0 Å². The van der Waals surface area contributed by atoms with E-state index < -0.39 is 0 Å². The monoisotopic (exact) mass is 79.0 g/mol. The molecule has 5 aliphatic rings. The first-order valence-electron chi connectivity index (χ1n) is 2.77. The van der Waals surface area contributed by atoms with Gasteiger partial charge in [-0.05, 0) is 11.8 Å². The van der Waals surface area contributed by atoms with Crippen LogP contribution in [0.3, 0.4) is 0 Å². The fourth-order valence-electron chi connectivity index (χ4n) is 2.79. The van der Waals surface area contributed by atoms with E-state index in [4.69, 9.17) is 0 Å². The standard InChI is InChI=1S/C5H5N/c1-2-3(1)6-4(1)5(2)6/h1-5H/t1?,2?,3?,4-,5?,6?/m0/s1. The summed E-state index contributed by atoms with van der Waals surface area (Å²) in [6.07, 6.45) is 0. The quantitative estimate of drug-likeness (QED) is 0.360. The Bertz CT molecular complexity index is 79.0. The summed E-state index contributed by atoms with van der Waals surface area (Å²) in [5.41, 5.74) is 0. The van der Waals surface area contributed by atoms with Crippen LogP contribution < -0.4 is 0 Å². The second-order valence-electron chi connectivity index (χ2n) is 3.07. The van der Waals surface area contributed by atoms with Gasteiger partial charge in [0.25, 0.3) is 0 Å². The lowest BCUT2D eigenvalue weighted by molar-refractivity contribution is 0.328. The van der Waals surface area contributed by atoms with Crippen LogP contribution in [-0.4, -0.2) is 23.0 Å². The molecule has 1 heteroatoms. The lowest BCUT2D eigenvalue weighted by atomic mass is 10.0. The Balaban J connectivity index is 2.31. The maximum absolute atomic E-state index is 2.65. The Morgan fingerprint density at radius 2 is 1.50 bits per heavy atom. The Labute approximate surface area is 35.9 Å². The van der Waals surface area contributed by atoms with Crippen LogP contribution in [0.15, 0.2) is 0 Å². The zero-order chi connectivity index (χ0) is 3.46. The summed E-state index contributed by atoms with van der Waals surface area (Å²) >= 11 is 0. The Hall–Kier alpha value is -0.0400. The Morgan fingerprint density at radius 1 is 0.833 bits per heavy atom. The molecular formula is C5H5N. The first kappa shape index (κ1) is 1.83. The highest BCUT2D eigenvalue weighted by atomic mass is 15.6. The molecule has 0 spiro atoms. The molecule has 1 nitrogen and oxygen atoms in total. The average Bonchev–Trinajstić information content (AvgIpc) is 1.64. The van der Waals surface area contributed by atoms with E-state index in [1.165, 1.54) is 30.0 Å². The van der Waals surface area contributed by atoms with E-state index in [9.17, 15) is 0 Å². The molecule has 0 aromatic carbocycles. The molecule has 5 rings (SSSR count). The highest BCUT2D eigenvalue weighted by Crippen LogP contribution is 2.85. The third kappa shape index (κ3) is 0.0340. The predicted molar refractivity (Wildman–Crippen MR) is 20.2 cm³/mol. The molecular weight excluding hydrogens is 74.1 g/mol. The highest BCUT2D eigenvalue weighted by molar-refractivity contribution is 5.51. The van der Waals surface area contributed by atoms with Gasteiger partial charge in [0.05, 0.1) is 0 Å². The van der Waals surface area contributed by atoms with Crippen LogP contribution >= 0.6 is 0 Å². The van der Waals surface area contributed by atoms with Gasteiger partial charge < -0.3 is 0 Å². The minimum Gasteiger partial charge on any atom is -0.290 e. The number of hydrogen-bond acceptors (Lipinski definition) is 1. The van der Waals surface area contributed by atoms with Crippen LogP contribution in [-0.2, 0) is 0 Å². The molecule has 0 N–H and O–H groups in total. The molecule has 30 valence electrons. The summed E-state index contributed by atoms with van der Waals surface area (Å²) < 4.78 is 0. The van der Waals surface area contributed by atoms with Crippen molar-refractivity contribution in [1.82, 2.24) is 4.90 Å². The summed E-state index contributed by atoms with van der Waals surface area (Å²) in [6, 6.07) is 3.50. The molecule has 6 heavy (non-hydrogen) atoms. The Morgan fingerprint density at radius 3 is 1.67 bits per heavy atom. The smallest absolute Gasteiger partial charge is 0.0309 e. The number of rotatable bonds is 0. The first-order valence-corrected chi connectivity index (χ1v) is 2.77. The van der Waals surface area contributed by atoms with Gasteiger partial charge in [-0.3, -0.25) is 4.90 Å². The summed E-state index contributed by atoms with van der Waals surface area (Å²) in [4.78, 5) is 2.65. The van der Waals surface area contributed by atoms with E-state index in [-0.39, 0.29) is 0 Å². The zero-order valence-corrected chi connectivity index (χ0v) is 3.33. The normalized spacial score (nSPS) is 108. The molecule has 5 unspecified atom stereocenters. The van der Waals surface area contributed by atoms with Crippen LogP contribution in [0.1, 0.15) is 0 Å². The number of nitrogens with zero attached hydrogens (tertiary/aromatic N) is 1. The third-order valence-corrected chi connectivity index (χ3v) is 3.17. The second-order valence-corrected chi connectivity index (χ2v) is 3.07. The molecule has 3 aliphatic heterocycles. The van der Waals surface area contributed by atoms with E-state index in [1.54, 1.807) is 0 Å². The fraction of sp³-hybridized carbons (Fsp3) is 1.00. The molecule has 3 heterocycles. The van der Waals surface area contributed by atoms with E-state index in [1.807, 2.05) is 0 Å². The van der Waals surface area contributed by atoms with E-state index in [0.717, 1.165) is 0 Å². The summed E-state index contributed by atoms with van der Waals surface area (Å²) in [6.45, 7) is 0. The summed E-state index contributed by atoms with van der Waals surface area (Å²) in [5.74, 6) is 2.52. The van der Waals surface area contributed by atoms with Crippen molar-refractivity contribution in [1.29, 1.82) is 0 Å². The van der Waals surface area contributed by atoms with Crippen molar-refractivity contribution in [2.24, 2.45) is 11.8 Å². The molecule has 2 aliphatic carbocycles. The lowest BCUT2D eigenvalue weighted by Crippen LogP contribution is -2.21. The molecule has 5 fully saturated rings. The van der Waals surface area contributed by atoms with Crippen LogP contribution in [0.4, 0.5) is 0 Å². The maximum atomic E-state index is 2.65. The van der Waals surface area contributed by atoms with Crippen LogP contribution in [0.5, 0.6) is 0 Å². The molecule has 3 saturated heterocycles. The number of piperidine rings is 1. The van der Waals surface area contributed by atoms with Gasteiger partial charge in [0.15, 0.2) is 0 Å². The van der Waals surface area contributed by atoms with Crippen LogP contribution in [0.25, 0.3) is 0 Å². The van der Waals surface area contributed by atoms with Crippen molar-refractivity contribution in [2.75, 3.05) is 0 Å². The predicted octanol–water partition coefficient (Wildman–Crippen LogP) is -0.319. The van der Waals surface area contributed by atoms with Crippen molar-refractivity contribution >= 4 is 0 Å². The van der Waals surface area contributed by atoms with Gasteiger partial charge in [0, 0.05) is 18.1 Å². The number of hydrogen-bond donors (Lipinski definition) is 0. The van der Waals surface area contributed by atoms with E-state index >= 15 is 0 Å². The van der Waals surface area contributed by atoms with Crippen molar-refractivity contribution in [3.63, 3.8) is 0 Å². The average molecular weight is 79.1 g/mol. The molecule has 2 saturated carbocycles. The first-order chi connectivity index (χ1) is 3.00. The molecule has 0 aromatic heterocycles. The van der Waals surface area contributed by atoms with E-state index in [0.29, 0.717) is 0 Å². The van der Waals surface area contributed by atoms with Gasteiger partial charge in [-0.1, -0.05) is 0 Å². The highest BCUT2D eigenvalue weighted by Gasteiger charge is 2.97. The lowest BCUT2D eigenvalue weighted by Gasteiger charge is -2.09. The van der Waals surface area contributed by atoms with Crippen LogP contribution in [0.2, 0.25) is 0 Å². The van der Waals surface area contributed by atoms with Crippen molar-refractivity contribution in [3.05, 3.63) is 0 Å². The minimum absolute atomic E-state index is 1.17. The van der Waals surface area contributed by atoms with Gasteiger partial charge >= 0.3 is 0 Å².